The predicted molar refractivity (Wildman–Crippen MR) is 105 cm³/mol. The van der Waals surface area contributed by atoms with Crippen LogP contribution in [-0.4, -0.2) is 24.5 Å². The van der Waals surface area contributed by atoms with E-state index in [0.29, 0.717) is 5.82 Å². The summed E-state index contributed by atoms with van der Waals surface area (Å²) in [6, 6.07) is 6.13. The molecule has 1 aliphatic carbocycles. The van der Waals surface area contributed by atoms with Crippen molar-refractivity contribution in [1.29, 1.82) is 0 Å². The van der Waals surface area contributed by atoms with E-state index in [-0.39, 0.29) is 40.5 Å². The maximum Gasteiger partial charge on any atom is 0.416 e. The normalized spacial score (nSPS) is 14.2. The lowest BCUT2D eigenvalue weighted by Crippen LogP contribution is -2.11. The number of benzene rings is 2. The molecule has 2 aromatic carbocycles. The van der Waals surface area contributed by atoms with Gasteiger partial charge in [0.25, 0.3) is 0 Å². The first-order valence-electron chi connectivity index (χ1n) is 9.52. The number of nitrogens with zero attached hydrogens (tertiary/aromatic N) is 5. The molecule has 7 nitrogen and oxygen atoms in total. The van der Waals surface area contributed by atoms with Crippen molar-refractivity contribution in [2.24, 2.45) is 0 Å². The SMILES string of the molecule is Nc1nc(Nc2ccc(C(F)(F)F)cc2)nc(-n2c(C3CC3)nc3c(F)cc(F)cc32)n1. The minimum Gasteiger partial charge on any atom is -0.368 e. The molecule has 3 N–H and O–H groups in total. The van der Waals surface area contributed by atoms with Crippen LogP contribution >= 0.6 is 0 Å². The third-order valence-electron chi connectivity index (χ3n) is 4.96. The molecule has 0 bridgehead atoms. The highest BCUT2D eigenvalue weighted by molar-refractivity contribution is 5.79. The van der Waals surface area contributed by atoms with Gasteiger partial charge in [0.05, 0.1) is 11.1 Å². The maximum atomic E-state index is 14.3. The van der Waals surface area contributed by atoms with Crippen molar-refractivity contribution in [3.8, 4) is 5.95 Å². The van der Waals surface area contributed by atoms with Gasteiger partial charge in [-0.1, -0.05) is 0 Å². The van der Waals surface area contributed by atoms with E-state index in [0.717, 1.165) is 37.1 Å². The van der Waals surface area contributed by atoms with Crippen LogP contribution in [0.15, 0.2) is 36.4 Å². The van der Waals surface area contributed by atoms with Gasteiger partial charge in [0.1, 0.15) is 17.2 Å². The number of nitrogens with one attached hydrogen (secondary N) is 1. The number of hydrogen-bond donors (Lipinski definition) is 2. The lowest BCUT2D eigenvalue weighted by molar-refractivity contribution is -0.137. The molecule has 1 fully saturated rings. The Kier molecular flexibility index (Phi) is 4.46. The fourth-order valence-electron chi connectivity index (χ4n) is 3.36. The number of hydrogen-bond acceptors (Lipinski definition) is 6. The Labute approximate surface area is 177 Å². The van der Waals surface area contributed by atoms with Gasteiger partial charge in [-0.3, -0.25) is 4.57 Å². The monoisotopic (exact) mass is 447 g/mol. The average Bonchev–Trinajstić information content (AvgIpc) is 3.48. The van der Waals surface area contributed by atoms with Crippen LogP contribution in [0, 0.1) is 11.6 Å². The molecule has 4 aromatic rings. The summed E-state index contributed by atoms with van der Waals surface area (Å²) in [4.78, 5) is 16.6. The lowest BCUT2D eigenvalue weighted by atomic mass is 10.2. The predicted octanol–water partition coefficient (Wildman–Crippen LogP) is 4.71. The minimum atomic E-state index is -4.46. The number of anilines is 3. The number of rotatable bonds is 4. The molecule has 32 heavy (non-hydrogen) atoms. The quantitative estimate of drug-likeness (QED) is 0.440. The molecule has 12 heteroatoms. The smallest absolute Gasteiger partial charge is 0.368 e. The molecule has 1 saturated carbocycles. The van der Waals surface area contributed by atoms with Crippen molar-refractivity contribution in [2.75, 3.05) is 11.1 Å². The zero-order valence-electron chi connectivity index (χ0n) is 16.2. The summed E-state index contributed by atoms with van der Waals surface area (Å²) in [5.41, 5.74) is 5.40. The Balaban J connectivity index is 1.58. The Morgan fingerprint density at radius 3 is 2.34 bits per heavy atom. The van der Waals surface area contributed by atoms with E-state index in [1.54, 1.807) is 0 Å². The molecule has 2 aromatic heterocycles. The molecule has 0 radical (unpaired) electrons. The molecule has 0 spiro atoms. The molecule has 0 aliphatic heterocycles. The summed E-state index contributed by atoms with van der Waals surface area (Å²) < 4.78 is 68.0. The van der Waals surface area contributed by atoms with Crippen LogP contribution in [0.1, 0.15) is 30.1 Å². The third-order valence-corrected chi connectivity index (χ3v) is 4.96. The first kappa shape index (κ1) is 20.1. The highest BCUT2D eigenvalue weighted by atomic mass is 19.4. The number of halogens is 5. The number of aromatic nitrogens is 5. The van der Waals surface area contributed by atoms with Crippen molar-refractivity contribution in [3.63, 3.8) is 0 Å². The second-order valence-corrected chi connectivity index (χ2v) is 7.35. The molecular formula is C20H14F5N7. The molecule has 0 atom stereocenters. The van der Waals surface area contributed by atoms with Crippen LogP contribution in [0.3, 0.4) is 0 Å². The molecule has 0 amide bonds. The third kappa shape index (κ3) is 3.67. The molecule has 0 saturated heterocycles. The van der Waals surface area contributed by atoms with E-state index in [4.69, 9.17) is 5.73 Å². The maximum absolute atomic E-state index is 14.3. The van der Waals surface area contributed by atoms with Crippen LogP contribution in [0.25, 0.3) is 17.0 Å². The van der Waals surface area contributed by atoms with E-state index >= 15 is 0 Å². The Hall–Kier alpha value is -3.83. The van der Waals surface area contributed by atoms with Crippen molar-refractivity contribution in [3.05, 3.63) is 59.4 Å². The van der Waals surface area contributed by atoms with Crippen molar-refractivity contribution in [1.82, 2.24) is 24.5 Å². The summed E-state index contributed by atoms with van der Waals surface area (Å²) >= 11 is 0. The number of fused-ring (bicyclic) bond motifs is 1. The topological polar surface area (TPSA) is 94.5 Å². The number of nitrogen functional groups attached to an aromatic ring is 1. The first-order valence-corrected chi connectivity index (χ1v) is 9.52. The number of imidazole rings is 1. The second-order valence-electron chi connectivity index (χ2n) is 7.35. The van der Waals surface area contributed by atoms with Gasteiger partial charge < -0.3 is 11.1 Å². The average molecular weight is 447 g/mol. The fourth-order valence-corrected chi connectivity index (χ4v) is 3.36. The van der Waals surface area contributed by atoms with Gasteiger partial charge in [-0.05, 0) is 37.1 Å². The van der Waals surface area contributed by atoms with Crippen LogP contribution in [0.4, 0.5) is 39.5 Å². The van der Waals surface area contributed by atoms with Gasteiger partial charge in [-0.15, -0.1) is 0 Å². The van der Waals surface area contributed by atoms with Crippen LogP contribution in [0.2, 0.25) is 0 Å². The van der Waals surface area contributed by atoms with Gasteiger partial charge in [0.2, 0.25) is 17.8 Å². The van der Waals surface area contributed by atoms with E-state index in [1.807, 2.05) is 0 Å². The largest absolute Gasteiger partial charge is 0.416 e. The summed E-state index contributed by atoms with van der Waals surface area (Å²) in [5, 5.41) is 2.77. The second kappa shape index (κ2) is 7.11. The summed E-state index contributed by atoms with van der Waals surface area (Å²) in [6.07, 6.45) is -2.81. The highest BCUT2D eigenvalue weighted by Crippen LogP contribution is 2.42. The number of nitrogens with two attached hydrogens (primary N) is 1. The molecule has 164 valence electrons. The Morgan fingerprint density at radius 1 is 0.969 bits per heavy atom. The Morgan fingerprint density at radius 2 is 1.69 bits per heavy atom. The van der Waals surface area contributed by atoms with E-state index < -0.39 is 23.4 Å². The first-order chi connectivity index (χ1) is 15.2. The Bertz CT molecular complexity index is 1330. The summed E-state index contributed by atoms with van der Waals surface area (Å²) in [7, 11) is 0. The molecule has 0 unspecified atom stereocenters. The van der Waals surface area contributed by atoms with Crippen LogP contribution < -0.4 is 11.1 Å². The fraction of sp³-hybridized carbons (Fsp3) is 0.200. The van der Waals surface area contributed by atoms with Crippen molar-refractivity contribution >= 4 is 28.6 Å². The molecule has 5 rings (SSSR count). The molecular weight excluding hydrogens is 433 g/mol. The zero-order valence-corrected chi connectivity index (χ0v) is 16.2. The van der Waals surface area contributed by atoms with Gasteiger partial charge in [0.15, 0.2) is 5.82 Å². The van der Waals surface area contributed by atoms with E-state index in [9.17, 15) is 22.0 Å². The number of alkyl halides is 3. The standard InChI is InChI=1S/C20H14F5N7/c21-11-7-13(22)15-14(8-11)32(16(28-15)9-1-2-9)19-30-17(26)29-18(31-19)27-12-5-3-10(4-6-12)20(23,24)25/h3-9H,1-2H2,(H3,26,27,29,30,31). The zero-order chi connectivity index (χ0) is 22.6. The van der Waals surface area contributed by atoms with E-state index in [2.05, 4.69) is 25.3 Å². The van der Waals surface area contributed by atoms with Crippen molar-refractivity contribution in [2.45, 2.75) is 24.9 Å². The molecule has 1 aliphatic rings. The molecule has 2 heterocycles. The van der Waals surface area contributed by atoms with E-state index in [1.165, 1.54) is 16.7 Å². The van der Waals surface area contributed by atoms with Gasteiger partial charge >= 0.3 is 6.18 Å². The lowest BCUT2D eigenvalue weighted by Gasteiger charge is -2.11. The van der Waals surface area contributed by atoms with Crippen molar-refractivity contribution < 1.29 is 22.0 Å². The summed E-state index contributed by atoms with van der Waals surface area (Å²) in [5.74, 6) is -1.35. The summed E-state index contributed by atoms with van der Waals surface area (Å²) in [6.45, 7) is 0. The highest BCUT2D eigenvalue weighted by Gasteiger charge is 2.32. The van der Waals surface area contributed by atoms with Crippen LogP contribution in [-0.2, 0) is 6.18 Å². The van der Waals surface area contributed by atoms with Gasteiger partial charge in [-0.2, -0.15) is 28.1 Å². The van der Waals surface area contributed by atoms with Gasteiger partial charge in [0, 0.05) is 23.7 Å². The van der Waals surface area contributed by atoms with Gasteiger partial charge in [-0.25, -0.2) is 13.8 Å². The van der Waals surface area contributed by atoms with Crippen LogP contribution in [0.5, 0.6) is 0 Å². The minimum absolute atomic E-state index is 0.0127.